The molecule has 1 amide bonds. The summed E-state index contributed by atoms with van der Waals surface area (Å²) in [5, 5.41) is 0. The van der Waals surface area contributed by atoms with Crippen LogP contribution in [0.15, 0.2) is 6.33 Å². The summed E-state index contributed by atoms with van der Waals surface area (Å²) in [7, 11) is -3.34. The van der Waals surface area contributed by atoms with Crippen LogP contribution < -0.4 is 0 Å². The predicted molar refractivity (Wildman–Crippen MR) is 100 cm³/mol. The maximum Gasteiger partial charge on any atom is 0.225 e. The summed E-state index contributed by atoms with van der Waals surface area (Å²) in [6.45, 7) is 5.75. The van der Waals surface area contributed by atoms with Crippen LogP contribution in [0.25, 0.3) is 0 Å². The van der Waals surface area contributed by atoms with Crippen LogP contribution in [0, 0.1) is 5.92 Å². The monoisotopic (exact) mass is 382 g/mol. The molecular formula is C18H30N4O3S. The van der Waals surface area contributed by atoms with Gasteiger partial charge in [-0.1, -0.05) is 26.7 Å². The number of H-pyrrole nitrogens is 1. The molecule has 1 aromatic rings. The maximum atomic E-state index is 12.7. The highest BCUT2D eigenvalue weighted by Gasteiger charge is 2.50. The number of sulfonamides is 1. The molecule has 2 aliphatic heterocycles. The van der Waals surface area contributed by atoms with Crippen molar-refractivity contribution < 1.29 is 13.2 Å². The molecule has 0 bridgehead atoms. The van der Waals surface area contributed by atoms with Crippen molar-refractivity contribution in [3.8, 4) is 0 Å². The molecule has 0 aliphatic carbocycles. The lowest BCUT2D eigenvalue weighted by molar-refractivity contribution is -0.137. The number of unbranched alkanes of at least 4 members (excludes halogenated alkanes) is 1. The number of hydrogen-bond acceptors (Lipinski definition) is 4. The Kier molecular flexibility index (Phi) is 5.44. The summed E-state index contributed by atoms with van der Waals surface area (Å²) in [4.78, 5) is 22.3. The average molecular weight is 383 g/mol. The summed E-state index contributed by atoms with van der Waals surface area (Å²) in [6.07, 6.45) is 7.85. The molecule has 1 saturated heterocycles. The predicted octanol–water partition coefficient (Wildman–Crippen LogP) is 1.87. The first-order chi connectivity index (χ1) is 12.3. The fourth-order valence-corrected chi connectivity index (χ4v) is 5.80. The smallest absolute Gasteiger partial charge is 0.225 e. The molecule has 0 saturated carbocycles. The van der Waals surface area contributed by atoms with Crippen LogP contribution in [-0.4, -0.2) is 59.4 Å². The van der Waals surface area contributed by atoms with E-state index < -0.39 is 15.6 Å². The van der Waals surface area contributed by atoms with Gasteiger partial charge in [0.25, 0.3) is 0 Å². The van der Waals surface area contributed by atoms with Crippen LogP contribution >= 0.6 is 0 Å². The first-order valence-electron chi connectivity index (χ1n) is 9.59. The first kappa shape index (κ1) is 19.4. The van der Waals surface area contributed by atoms with Crippen molar-refractivity contribution in [2.45, 2.75) is 57.9 Å². The van der Waals surface area contributed by atoms with Gasteiger partial charge >= 0.3 is 0 Å². The minimum atomic E-state index is -3.34. The molecule has 1 atom stereocenters. The fourth-order valence-electron chi connectivity index (χ4n) is 4.47. The van der Waals surface area contributed by atoms with Crippen molar-refractivity contribution in [2.24, 2.45) is 5.92 Å². The van der Waals surface area contributed by atoms with E-state index in [2.05, 4.69) is 16.9 Å². The lowest BCUT2D eigenvalue weighted by atomic mass is 9.80. The van der Waals surface area contributed by atoms with Crippen LogP contribution in [0.5, 0.6) is 0 Å². The van der Waals surface area contributed by atoms with Gasteiger partial charge in [-0.25, -0.2) is 13.4 Å². The molecule has 146 valence electrons. The quantitative estimate of drug-likeness (QED) is 0.842. The van der Waals surface area contributed by atoms with Gasteiger partial charge in [-0.3, -0.25) is 4.79 Å². The molecule has 1 aromatic heterocycles. The third-order valence-electron chi connectivity index (χ3n) is 5.92. The van der Waals surface area contributed by atoms with Gasteiger partial charge in [0.05, 0.1) is 23.8 Å². The maximum absolute atomic E-state index is 12.7. The van der Waals surface area contributed by atoms with E-state index in [0.29, 0.717) is 38.9 Å². The topological polar surface area (TPSA) is 86.4 Å². The number of likely N-dealkylation sites (tertiary alicyclic amines) is 1. The number of imidazole rings is 1. The van der Waals surface area contributed by atoms with Crippen molar-refractivity contribution in [3.05, 3.63) is 17.7 Å². The average Bonchev–Trinajstić information content (AvgIpc) is 3.09. The van der Waals surface area contributed by atoms with Gasteiger partial charge in [0.1, 0.15) is 0 Å². The summed E-state index contributed by atoms with van der Waals surface area (Å²) in [6, 6.07) is 0. The van der Waals surface area contributed by atoms with E-state index in [1.807, 2.05) is 11.8 Å². The Morgan fingerprint density at radius 2 is 2.04 bits per heavy atom. The number of aromatic amines is 1. The summed E-state index contributed by atoms with van der Waals surface area (Å²) in [5.74, 6) is 0.222. The number of carbonyl (C=O) groups excluding carboxylic acids is 1. The Labute approximate surface area is 156 Å². The molecule has 0 unspecified atom stereocenters. The SMILES string of the molecule is CCCC[C@@H](C)C(=O)N1CCC2(CC1)c1nc[nH]c1CCN2S(C)(=O)=O. The molecule has 0 aromatic carbocycles. The summed E-state index contributed by atoms with van der Waals surface area (Å²) < 4.78 is 26.5. The number of rotatable bonds is 5. The standard InChI is InChI=1S/C18H30N4O3S/c1-4-5-6-14(2)17(23)21-11-8-18(9-12-21)16-15(19-13-20-16)7-10-22(18)26(3,24)25/h13-14H,4-12H2,1-3H3,(H,19,20)/t14-/m1/s1. The Morgan fingerprint density at radius 1 is 1.35 bits per heavy atom. The highest BCUT2D eigenvalue weighted by atomic mass is 32.2. The Morgan fingerprint density at radius 3 is 2.65 bits per heavy atom. The molecule has 7 nitrogen and oxygen atoms in total. The molecule has 26 heavy (non-hydrogen) atoms. The van der Waals surface area contributed by atoms with Crippen molar-refractivity contribution in [3.63, 3.8) is 0 Å². The number of aromatic nitrogens is 2. The van der Waals surface area contributed by atoms with Crippen molar-refractivity contribution in [1.29, 1.82) is 0 Å². The van der Waals surface area contributed by atoms with E-state index in [9.17, 15) is 13.2 Å². The van der Waals surface area contributed by atoms with E-state index in [0.717, 1.165) is 30.7 Å². The number of hydrogen-bond donors (Lipinski definition) is 1. The number of carbonyl (C=O) groups is 1. The highest BCUT2D eigenvalue weighted by molar-refractivity contribution is 7.88. The molecular weight excluding hydrogens is 352 g/mol. The van der Waals surface area contributed by atoms with Gasteiger partial charge < -0.3 is 9.88 Å². The zero-order chi connectivity index (χ0) is 18.9. The number of nitrogens with one attached hydrogen (secondary N) is 1. The van der Waals surface area contributed by atoms with Gasteiger partial charge in [-0.15, -0.1) is 0 Å². The van der Waals surface area contributed by atoms with Gasteiger partial charge in [0, 0.05) is 37.7 Å². The first-order valence-corrected chi connectivity index (χ1v) is 11.4. The van der Waals surface area contributed by atoms with E-state index in [1.165, 1.54) is 6.26 Å². The molecule has 1 spiro atoms. The van der Waals surface area contributed by atoms with Gasteiger partial charge in [0.2, 0.25) is 15.9 Å². The summed E-state index contributed by atoms with van der Waals surface area (Å²) >= 11 is 0. The number of fused-ring (bicyclic) bond motifs is 2. The number of amides is 1. The van der Waals surface area contributed by atoms with Crippen LogP contribution in [-0.2, 0) is 26.8 Å². The summed E-state index contributed by atoms with van der Waals surface area (Å²) in [5.41, 5.74) is 1.26. The van der Waals surface area contributed by atoms with Crippen LogP contribution in [0.2, 0.25) is 0 Å². The van der Waals surface area contributed by atoms with E-state index in [4.69, 9.17) is 0 Å². The van der Waals surface area contributed by atoms with Crippen molar-refractivity contribution in [2.75, 3.05) is 25.9 Å². The van der Waals surface area contributed by atoms with Gasteiger partial charge in [0.15, 0.2) is 0 Å². The minimum Gasteiger partial charge on any atom is -0.348 e. The second kappa shape index (κ2) is 7.31. The van der Waals surface area contributed by atoms with Gasteiger partial charge in [-0.2, -0.15) is 4.31 Å². The second-order valence-electron chi connectivity index (χ2n) is 7.71. The van der Waals surface area contributed by atoms with E-state index in [1.54, 1.807) is 10.6 Å². The molecule has 1 N–H and O–H groups in total. The lowest BCUT2D eigenvalue weighted by Crippen LogP contribution is -2.58. The Bertz CT molecular complexity index is 750. The van der Waals surface area contributed by atoms with Crippen LogP contribution in [0.1, 0.15) is 57.3 Å². The fraction of sp³-hybridized carbons (Fsp3) is 0.778. The molecule has 8 heteroatoms. The third kappa shape index (κ3) is 3.41. The largest absolute Gasteiger partial charge is 0.348 e. The molecule has 3 rings (SSSR count). The van der Waals surface area contributed by atoms with E-state index in [-0.39, 0.29) is 11.8 Å². The zero-order valence-corrected chi connectivity index (χ0v) is 16.8. The minimum absolute atomic E-state index is 0.0299. The molecule has 1 fully saturated rings. The van der Waals surface area contributed by atoms with Crippen molar-refractivity contribution in [1.82, 2.24) is 19.2 Å². The van der Waals surface area contributed by atoms with E-state index >= 15 is 0 Å². The second-order valence-corrected chi connectivity index (χ2v) is 9.62. The number of piperidine rings is 1. The highest BCUT2D eigenvalue weighted by Crippen LogP contribution is 2.43. The Hall–Kier alpha value is -1.41. The third-order valence-corrected chi connectivity index (χ3v) is 7.25. The van der Waals surface area contributed by atoms with Gasteiger partial charge in [-0.05, 0) is 19.3 Å². The number of nitrogens with zero attached hydrogens (tertiary/aromatic N) is 3. The normalized spacial score (nSPS) is 21.6. The molecule has 2 aliphatic rings. The zero-order valence-electron chi connectivity index (χ0n) is 16.0. The molecule has 0 radical (unpaired) electrons. The Balaban J connectivity index is 1.80. The lowest BCUT2D eigenvalue weighted by Gasteiger charge is -2.49. The van der Waals surface area contributed by atoms with Crippen LogP contribution in [0.3, 0.4) is 0 Å². The molecule has 3 heterocycles. The van der Waals surface area contributed by atoms with Crippen molar-refractivity contribution >= 4 is 15.9 Å². The van der Waals surface area contributed by atoms with Crippen LogP contribution in [0.4, 0.5) is 0 Å².